The van der Waals surface area contributed by atoms with Crippen LogP contribution in [0.25, 0.3) is 5.57 Å². The Morgan fingerprint density at radius 1 is 1.21 bits per heavy atom. The first-order valence-corrected chi connectivity index (χ1v) is 5.70. The van der Waals surface area contributed by atoms with E-state index in [-0.39, 0.29) is 5.69 Å². The number of ether oxygens (including phenoxy) is 1. The highest BCUT2D eigenvalue weighted by Crippen LogP contribution is 2.30. The summed E-state index contributed by atoms with van der Waals surface area (Å²) in [5, 5.41) is 11.0. The van der Waals surface area contributed by atoms with Crippen LogP contribution in [0.4, 0.5) is 5.69 Å². The van der Waals surface area contributed by atoms with Crippen molar-refractivity contribution in [1.82, 2.24) is 0 Å². The van der Waals surface area contributed by atoms with Crippen molar-refractivity contribution in [3.8, 4) is 5.75 Å². The van der Waals surface area contributed by atoms with E-state index in [1.54, 1.807) is 31.4 Å². The van der Waals surface area contributed by atoms with Gasteiger partial charge in [-0.2, -0.15) is 0 Å². The quantitative estimate of drug-likeness (QED) is 0.618. The predicted octanol–water partition coefficient (Wildman–Crippen LogP) is 3.66. The predicted molar refractivity (Wildman–Crippen MR) is 74.2 cm³/mol. The summed E-state index contributed by atoms with van der Waals surface area (Å²) in [5.74, 6) is 0.692. The molecule has 19 heavy (non-hydrogen) atoms. The van der Waals surface area contributed by atoms with Crippen molar-refractivity contribution in [3.05, 3.63) is 76.4 Å². The molecule has 0 bridgehead atoms. The lowest BCUT2D eigenvalue weighted by atomic mass is 9.98. The molecule has 0 amide bonds. The van der Waals surface area contributed by atoms with Crippen LogP contribution in [0.5, 0.6) is 5.75 Å². The van der Waals surface area contributed by atoms with Gasteiger partial charge in [0.1, 0.15) is 5.75 Å². The zero-order chi connectivity index (χ0) is 13.8. The van der Waals surface area contributed by atoms with E-state index in [2.05, 4.69) is 6.58 Å². The summed E-state index contributed by atoms with van der Waals surface area (Å²) in [7, 11) is 1.58. The number of methoxy groups -OCH3 is 1. The first-order valence-electron chi connectivity index (χ1n) is 5.70. The number of hydrogen-bond acceptors (Lipinski definition) is 3. The molecule has 0 aliphatic heterocycles. The average molecular weight is 255 g/mol. The molecule has 0 saturated carbocycles. The molecule has 2 aromatic carbocycles. The van der Waals surface area contributed by atoms with Gasteiger partial charge in [0.2, 0.25) is 0 Å². The zero-order valence-corrected chi connectivity index (χ0v) is 10.5. The second-order valence-electron chi connectivity index (χ2n) is 3.98. The lowest BCUT2D eigenvalue weighted by Crippen LogP contribution is -1.95. The van der Waals surface area contributed by atoms with Gasteiger partial charge in [0.05, 0.1) is 17.6 Å². The highest BCUT2D eigenvalue weighted by atomic mass is 16.6. The van der Waals surface area contributed by atoms with Gasteiger partial charge in [-0.1, -0.05) is 30.8 Å². The number of nitro benzene ring substituents is 1. The molecule has 2 aromatic rings. The molecule has 0 atom stereocenters. The highest BCUT2D eigenvalue weighted by molar-refractivity contribution is 5.83. The van der Waals surface area contributed by atoms with Crippen LogP contribution in [0, 0.1) is 10.1 Å². The topological polar surface area (TPSA) is 52.4 Å². The van der Waals surface area contributed by atoms with Crippen molar-refractivity contribution in [2.24, 2.45) is 0 Å². The van der Waals surface area contributed by atoms with Gasteiger partial charge >= 0.3 is 0 Å². The molecule has 0 spiro atoms. The number of nitrogens with zero attached hydrogens (tertiary/aromatic N) is 1. The second-order valence-corrected chi connectivity index (χ2v) is 3.98. The van der Waals surface area contributed by atoms with E-state index in [1.165, 1.54) is 6.07 Å². The highest BCUT2D eigenvalue weighted by Gasteiger charge is 2.16. The summed E-state index contributed by atoms with van der Waals surface area (Å²) in [4.78, 5) is 10.6. The maximum absolute atomic E-state index is 11.0. The van der Waals surface area contributed by atoms with Crippen LogP contribution in [0.1, 0.15) is 11.1 Å². The molecule has 96 valence electrons. The van der Waals surface area contributed by atoms with Crippen molar-refractivity contribution in [2.45, 2.75) is 0 Å². The van der Waals surface area contributed by atoms with E-state index in [0.29, 0.717) is 16.9 Å². The summed E-state index contributed by atoms with van der Waals surface area (Å²) >= 11 is 0. The maximum Gasteiger partial charge on any atom is 0.277 e. The molecular weight excluding hydrogens is 242 g/mol. The Bertz CT molecular complexity index is 635. The van der Waals surface area contributed by atoms with Crippen molar-refractivity contribution in [3.63, 3.8) is 0 Å². The van der Waals surface area contributed by atoms with Crippen molar-refractivity contribution >= 4 is 11.3 Å². The van der Waals surface area contributed by atoms with Gasteiger partial charge in [0, 0.05) is 6.07 Å². The molecular formula is C15H13NO3. The largest absolute Gasteiger partial charge is 0.497 e. The molecule has 4 heteroatoms. The maximum atomic E-state index is 11.0. The van der Waals surface area contributed by atoms with E-state index in [1.807, 2.05) is 18.2 Å². The van der Waals surface area contributed by atoms with E-state index in [4.69, 9.17) is 4.74 Å². The third kappa shape index (κ3) is 2.63. The summed E-state index contributed by atoms with van der Waals surface area (Å²) in [6.45, 7) is 3.95. The summed E-state index contributed by atoms with van der Waals surface area (Å²) in [6, 6.07) is 13.9. The molecule has 0 aromatic heterocycles. The number of hydrogen-bond donors (Lipinski definition) is 0. The molecule has 0 N–H and O–H groups in total. The number of para-hydroxylation sites is 1. The van der Waals surface area contributed by atoms with E-state index < -0.39 is 4.92 Å². The van der Waals surface area contributed by atoms with Crippen LogP contribution >= 0.6 is 0 Å². The standard InChI is InChI=1S/C15H13NO3/c1-11(12-6-5-7-13(10-12)19-2)14-8-3-4-9-15(14)16(17)18/h3-10H,1H2,2H3. The third-order valence-corrected chi connectivity index (χ3v) is 2.84. The van der Waals surface area contributed by atoms with Crippen LogP contribution < -0.4 is 4.74 Å². The van der Waals surface area contributed by atoms with Gasteiger partial charge in [-0.25, -0.2) is 0 Å². The van der Waals surface area contributed by atoms with Gasteiger partial charge in [-0.15, -0.1) is 0 Å². The first-order chi connectivity index (χ1) is 9.13. The van der Waals surface area contributed by atoms with Crippen LogP contribution in [0.2, 0.25) is 0 Å². The fraction of sp³-hybridized carbons (Fsp3) is 0.0667. The fourth-order valence-electron chi connectivity index (χ4n) is 1.85. The van der Waals surface area contributed by atoms with Gasteiger partial charge in [-0.05, 0) is 29.3 Å². The molecule has 2 rings (SSSR count). The van der Waals surface area contributed by atoms with E-state index >= 15 is 0 Å². The van der Waals surface area contributed by atoms with Gasteiger partial charge in [0.25, 0.3) is 5.69 Å². The molecule has 0 saturated heterocycles. The lowest BCUT2D eigenvalue weighted by molar-refractivity contribution is -0.385. The zero-order valence-electron chi connectivity index (χ0n) is 10.5. The van der Waals surface area contributed by atoms with Gasteiger partial charge in [0.15, 0.2) is 0 Å². The first kappa shape index (κ1) is 12.8. The Morgan fingerprint density at radius 3 is 2.63 bits per heavy atom. The van der Waals surface area contributed by atoms with Crippen LogP contribution in [-0.4, -0.2) is 12.0 Å². The SMILES string of the molecule is C=C(c1cccc(OC)c1)c1ccccc1[N+](=O)[O-]. The molecule has 0 aliphatic carbocycles. The van der Waals surface area contributed by atoms with Crippen molar-refractivity contribution in [1.29, 1.82) is 0 Å². The Labute approximate surface area is 111 Å². The minimum Gasteiger partial charge on any atom is -0.497 e. The Balaban J connectivity index is 2.47. The second kappa shape index (κ2) is 5.35. The van der Waals surface area contributed by atoms with Crippen LogP contribution in [0.15, 0.2) is 55.1 Å². The molecule has 0 aliphatic rings. The molecule has 0 heterocycles. The number of benzene rings is 2. The molecule has 0 radical (unpaired) electrons. The molecule has 4 nitrogen and oxygen atoms in total. The van der Waals surface area contributed by atoms with E-state index in [0.717, 1.165) is 5.56 Å². The third-order valence-electron chi connectivity index (χ3n) is 2.84. The van der Waals surface area contributed by atoms with Crippen LogP contribution in [-0.2, 0) is 0 Å². The van der Waals surface area contributed by atoms with E-state index in [9.17, 15) is 10.1 Å². The molecule has 0 fully saturated rings. The summed E-state index contributed by atoms with van der Waals surface area (Å²) < 4.78 is 5.14. The summed E-state index contributed by atoms with van der Waals surface area (Å²) in [5.41, 5.74) is 1.97. The summed E-state index contributed by atoms with van der Waals surface area (Å²) in [6.07, 6.45) is 0. The lowest BCUT2D eigenvalue weighted by Gasteiger charge is -2.08. The number of rotatable bonds is 4. The Kier molecular flexibility index (Phi) is 3.61. The van der Waals surface area contributed by atoms with Gasteiger partial charge < -0.3 is 4.74 Å². The minimum absolute atomic E-state index is 0.0512. The number of nitro groups is 1. The van der Waals surface area contributed by atoms with Gasteiger partial charge in [-0.3, -0.25) is 10.1 Å². The average Bonchev–Trinajstić information content (AvgIpc) is 2.46. The normalized spacial score (nSPS) is 9.95. The fourth-order valence-corrected chi connectivity index (χ4v) is 1.85. The smallest absolute Gasteiger partial charge is 0.277 e. The molecule has 0 unspecified atom stereocenters. The Hall–Kier alpha value is -2.62. The minimum atomic E-state index is -0.402. The van der Waals surface area contributed by atoms with Crippen molar-refractivity contribution < 1.29 is 9.66 Å². The Morgan fingerprint density at radius 2 is 1.95 bits per heavy atom. The monoisotopic (exact) mass is 255 g/mol. The van der Waals surface area contributed by atoms with Crippen molar-refractivity contribution in [2.75, 3.05) is 7.11 Å². The van der Waals surface area contributed by atoms with Crippen LogP contribution in [0.3, 0.4) is 0 Å².